The van der Waals surface area contributed by atoms with Gasteiger partial charge in [-0.25, -0.2) is 0 Å². The van der Waals surface area contributed by atoms with Crippen LogP contribution in [0, 0.1) is 0 Å². The lowest BCUT2D eigenvalue weighted by Crippen LogP contribution is -2.52. The van der Waals surface area contributed by atoms with E-state index in [1.807, 2.05) is 6.92 Å². The molecule has 2 rings (SSSR count). The second kappa shape index (κ2) is 7.07. The first-order chi connectivity index (χ1) is 8.77. The minimum atomic E-state index is -0.0170. The lowest BCUT2D eigenvalue weighted by molar-refractivity contribution is -0.126. The van der Waals surface area contributed by atoms with Gasteiger partial charge >= 0.3 is 0 Å². The van der Waals surface area contributed by atoms with Crippen LogP contribution in [0.3, 0.4) is 0 Å². The Morgan fingerprint density at radius 2 is 2.28 bits per heavy atom. The molecule has 0 radical (unpaired) electrons. The van der Waals surface area contributed by atoms with Gasteiger partial charge in [-0.1, -0.05) is 0 Å². The number of hydrogen-bond acceptors (Lipinski definition) is 4. The summed E-state index contributed by atoms with van der Waals surface area (Å²) in [5, 5.41) is 6.32. The fourth-order valence-corrected chi connectivity index (χ4v) is 2.61. The number of piperazine rings is 1. The Hall–Kier alpha value is -0.650. The summed E-state index contributed by atoms with van der Waals surface area (Å²) in [6, 6.07) is -0.0170. The van der Waals surface area contributed by atoms with Gasteiger partial charge in [0.2, 0.25) is 5.91 Å². The quantitative estimate of drug-likeness (QED) is 0.724. The van der Waals surface area contributed by atoms with Crippen molar-refractivity contribution in [2.24, 2.45) is 0 Å². The first-order valence-corrected chi connectivity index (χ1v) is 7.11. The van der Waals surface area contributed by atoms with Crippen LogP contribution in [0.5, 0.6) is 0 Å². The van der Waals surface area contributed by atoms with Gasteiger partial charge in [0.15, 0.2) is 0 Å². The molecule has 104 valence electrons. The molecule has 2 N–H and O–H groups in total. The van der Waals surface area contributed by atoms with Crippen LogP contribution in [-0.4, -0.2) is 62.3 Å². The van der Waals surface area contributed by atoms with Gasteiger partial charge in [-0.05, 0) is 26.2 Å². The SMILES string of the molecule is CC(C(=O)NCCC1CCCO1)N1CCNCC1. The van der Waals surface area contributed by atoms with E-state index in [4.69, 9.17) is 4.74 Å². The minimum Gasteiger partial charge on any atom is -0.378 e. The Kier molecular flexibility index (Phi) is 5.41. The van der Waals surface area contributed by atoms with Gasteiger partial charge in [-0.15, -0.1) is 0 Å². The molecule has 2 aliphatic heterocycles. The van der Waals surface area contributed by atoms with E-state index in [1.165, 1.54) is 0 Å². The van der Waals surface area contributed by atoms with Gasteiger partial charge in [0.25, 0.3) is 0 Å². The summed E-state index contributed by atoms with van der Waals surface area (Å²) >= 11 is 0. The predicted octanol–water partition coefficient (Wildman–Crippen LogP) is -0.0346. The van der Waals surface area contributed by atoms with E-state index in [0.717, 1.165) is 58.6 Å². The largest absolute Gasteiger partial charge is 0.378 e. The van der Waals surface area contributed by atoms with Crippen LogP contribution in [0.15, 0.2) is 0 Å². The molecular weight excluding hydrogens is 230 g/mol. The molecule has 2 fully saturated rings. The van der Waals surface area contributed by atoms with Gasteiger partial charge < -0.3 is 15.4 Å². The smallest absolute Gasteiger partial charge is 0.237 e. The Labute approximate surface area is 109 Å². The molecule has 2 aliphatic rings. The average Bonchev–Trinajstić information content (AvgIpc) is 2.92. The van der Waals surface area contributed by atoms with Crippen molar-refractivity contribution < 1.29 is 9.53 Å². The fraction of sp³-hybridized carbons (Fsp3) is 0.923. The zero-order valence-electron chi connectivity index (χ0n) is 11.3. The van der Waals surface area contributed by atoms with Crippen LogP contribution in [0.2, 0.25) is 0 Å². The third-order valence-corrected chi connectivity index (χ3v) is 3.87. The van der Waals surface area contributed by atoms with Gasteiger partial charge in [-0.2, -0.15) is 0 Å². The van der Waals surface area contributed by atoms with E-state index in [9.17, 15) is 4.79 Å². The third-order valence-electron chi connectivity index (χ3n) is 3.87. The summed E-state index contributed by atoms with van der Waals surface area (Å²) < 4.78 is 5.54. The molecule has 5 heteroatoms. The topological polar surface area (TPSA) is 53.6 Å². The highest BCUT2D eigenvalue weighted by Crippen LogP contribution is 2.14. The van der Waals surface area contributed by atoms with Crippen molar-refractivity contribution >= 4 is 5.91 Å². The van der Waals surface area contributed by atoms with Crippen LogP contribution in [0.25, 0.3) is 0 Å². The first-order valence-electron chi connectivity index (χ1n) is 7.11. The molecule has 0 aliphatic carbocycles. The van der Waals surface area contributed by atoms with Crippen molar-refractivity contribution in [1.29, 1.82) is 0 Å². The summed E-state index contributed by atoms with van der Waals surface area (Å²) in [6.07, 6.45) is 3.61. The number of nitrogens with one attached hydrogen (secondary N) is 2. The van der Waals surface area contributed by atoms with Crippen molar-refractivity contribution in [3.05, 3.63) is 0 Å². The molecule has 2 unspecified atom stereocenters. The number of amides is 1. The summed E-state index contributed by atoms with van der Waals surface area (Å²) in [7, 11) is 0. The van der Waals surface area contributed by atoms with Crippen molar-refractivity contribution in [2.75, 3.05) is 39.3 Å². The Bertz CT molecular complexity index is 261. The number of rotatable bonds is 5. The Morgan fingerprint density at radius 1 is 1.50 bits per heavy atom. The standard InChI is InChI=1S/C13H25N3O2/c1-11(16-8-6-14-7-9-16)13(17)15-5-4-12-3-2-10-18-12/h11-12,14H,2-10H2,1H3,(H,15,17). The molecule has 1 amide bonds. The molecule has 0 aromatic rings. The van der Waals surface area contributed by atoms with Gasteiger partial charge in [0.1, 0.15) is 0 Å². The minimum absolute atomic E-state index is 0.0170. The van der Waals surface area contributed by atoms with Crippen LogP contribution >= 0.6 is 0 Å². The van der Waals surface area contributed by atoms with Crippen LogP contribution < -0.4 is 10.6 Å². The summed E-state index contributed by atoms with van der Waals surface area (Å²) in [5.74, 6) is 0.148. The zero-order valence-corrected chi connectivity index (χ0v) is 11.3. The monoisotopic (exact) mass is 255 g/mol. The summed E-state index contributed by atoms with van der Waals surface area (Å²) in [6.45, 7) is 7.49. The molecule has 0 spiro atoms. The van der Waals surface area contributed by atoms with Gasteiger partial charge in [0, 0.05) is 39.3 Å². The van der Waals surface area contributed by atoms with Crippen LogP contribution in [-0.2, 0) is 9.53 Å². The summed E-state index contributed by atoms with van der Waals surface area (Å²) in [4.78, 5) is 14.2. The average molecular weight is 255 g/mol. The molecule has 2 saturated heterocycles. The number of carbonyl (C=O) groups is 1. The fourth-order valence-electron chi connectivity index (χ4n) is 2.61. The van der Waals surface area contributed by atoms with E-state index >= 15 is 0 Å². The maximum absolute atomic E-state index is 12.0. The van der Waals surface area contributed by atoms with Crippen molar-refractivity contribution in [3.63, 3.8) is 0 Å². The lowest BCUT2D eigenvalue weighted by atomic mass is 10.2. The second-order valence-corrected chi connectivity index (χ2v) is 5.18. The molecule has 0 aromatic carbocycles. The van der Waals surface area contributed by atoms with E-state index in [0.29, 0.717) is 6.10 Å². The predicted molar refractivity (Wildman–Crippen MR) is 70.5 cm³/mol. The molecule has 0 saturated carbocycles. The lowest BCUT2D eigenvalue weighted by Gasteiger charge is -2.31. The highest BCUT2D eigenvalue weighted by atomic mass is 16.5. The highest BCUT2D eigenvalue weighted by molar-refractivity contribution is 5.81. The first kappa shape index (κ1) is 13.8. The third kappa shape index (κ3) is 3.93. The van der Waals surface area contributed by atoms with Gasteiger partial charge in [-0.3, -0.25) is 9.69 Å². The van der Waals surface area contributed by atoms with Crippen LogP contribution in [0.1, 0.15) is 26.2 Å². The number of nitrogens with zero attached hydrogens (tertiary/aromatic N) is 1. The highest BCUT2D eigenvalue weighted by Gasteiger charge is 2.22. The normalized spacial score (nSPS) is 27.1. The molecule has 5 nitrogen and oxygen atoms in total. The zero-order chi connectivity index (χ0) is 12.8. The molecule has 18 heavy (non-hydrogen) atoms. The van der Waals surface area contributed by atoms with Crippen molar-refractivity contribution in [1.82, 2.24) is 15.5 Å². The van der Waals surface area contributed by atoms with Crippen LogP contribution in [0.4, 0.5) is 0 Å². The molecule has 0 aromatic heterocycles. The molecule has 2 heterocycles. The maximum atomic E-state index is 12.0. The Balaban J connectivity index is 1.63. The Morgan fingerprint density at radius 3 is 2.94 bits per heavy atom. The molecule has 0 bridgehead atoms. The van der Waals surface area contributed by atoms with Gasteiger partial charge in [0.05, 0.1) is 12.1 Å². The molecule has 2 atom stereocenters. The van der Waals surface area contributed by atoms with Crippen molar-refractivity contribution in [2.45, 2.75) is 38.3 Å². The summed E-state index contributed by atoms with van der Waals surface area (Å²) in [5.41, 5.74) is 0. The number of hydrogen-bond donors (Lipinski definition) is 2. The number of ether oxygens (including phenoxy) is 1. The van der Waals surface area contributed by atoms with E-state index in [2.05, 4.69) is 15.5 Å². The van der Waals surface area contributed by atoms with E-state index in [1.54, 1.807) is 0 Å². The number of carbonyl (C=O) groups excluding carboxylic acids is 1. The second-order valence-electron chi connectivity index (χ2n) is 5.18. The maximum Gasteiger partial charge on any atom is 0.237 e. The van der Waals surface area contributed by atoms with E-state index < -0.39 is 0 Å². The van der Waals surface area contributed by atoms with Crippen molar-refractivity contribution in [3.8, 4) is 0 Å². The molecular formula is C13H25N3O2. The van der Waals surface area contributed by atoms with E-state index in [-0.39, 0.29) is 11.9 Å².